The largest absolute Gasteiger partial charge is 0.466 e. The zero-order valence-corrected chi connectivity index (χ0v) is 33.0. The molecule has 4 heterocycles. The molecule has 2 unspecified atom stereocenters. The Morgan fingerprint density at radius 2 is 1.59 bits per heavy atom. The number of carbonyl (C=O) groups excluding carboxylic acids is 3. The molecule has 12 heteroatoms. The molecule has 0 aliphatic carbocycles. The average Bonchev–Trinajstić information content (AvgIpc) is 3.07. The van der Waals surface area contributed by atoms with Crippen molar-refractivity contribution in [3.8, 4) is 0 Å². The number of ether oxygens (including phenoxy) is 6. The zero-order chi connectivity index (χ0) is 39.6. The molecule has 0 aromatic heterocycles. The third kappa shape index (κ3) is 12.3. The number of unbranched alkanes of at least 4 members (excludes halogenated alkanes) is 4. The maximum atomic E-state index is 13.4. The second-order valence-corrected chi connectivity index (χ2v) is 16.3. The van der Waals surface area contributed by atoms with E-state index < -0.39 is 59.6 Å². The minimum absolute atomic E-state index is 0.00758. The van der Waals surface area contributed by atoms with E-state index in [9.17, 15) is 29.7 Å². The van der Waals surface area contributed by atoms with Crippen molar-refractivity contribution >= 4 is 17.9 Å². The van der Waals surface area contributed by atoms with Crippen molar-refractivity contribution in [3.63, 3.8) is 0 Å². The molecular formula is C42H64O12. The number of rotatable bonds is 9. The van der Waals surface area contributed by atoms with Crippen molar-refractivity contribution in [2.24, 2.45) is 5.41 Å². The van der Waals surface area contributed by atoms with Crippen LogP contribution < -0.4 is 0 Å². The van der Waals surface area contributed by atoms with E-state index in [1.165, 1.54) is 20.1 Å². The Balaban J connectivity index is 1.73. The second kappa shape index (κ2) is 19.8. The summed E-state index contributed by atoms with van der Waals surface area (Å²) in [5, 5.41) is 34.5. The summed E-state index contributed by atoms with van der Waals surface area (Å²) in [5.41, 5.74) is 0.989. The number of cyclic esters (lactones) is 1. The minimum atomic E-state index is -2.25. The number of hydrogen-bond donors (Lipinski definition) is 3. The van der Waals surface area contributed by atoms with Gasteiger partial charge in [-0.15, -0.1) is 0 Å². The molecule has 0 aromatic carbocycles. The van der Waals surface area contributed by atoms with E-state index in [4.69, 9.17) is 28.4 Å². The highest BCUT2D eigenvalue weighted by molar-refractivity contribution is 5.83. The molecule has 0 spiro atoms. The smallest absolute Gasteiger partial charge is 0.330 e. The van der Waals surface area contributed by atoms with Crippen molar-refractivity contribution < 1.29 is 58.1 Å². The lowest BCUT2D eigenvalue weighted by Crippen LogP contribution is -2.62. The van der Waals surface area contributed by atoms with Crippen LogP contribution >= 0.6 is 0 Å². The molecule has 304 valence electrons. The van der Waals surface area contributed by atoms with E-state index in [0.717, 1.165) is 36.8 Å². The second-order valence-electron chi connectivity index (χ2n) is 16.3. The Hall–Kier alpha value is -2.87. The van der Waals surface area contributed by atoms with Crippen molar-refractivity contribution in [3.05, 3.63) is 48.1 Å². The molecule has 12 nitrogen and oxygen atoms in total. The standard InChI is InChI=1S/C42H64O12/c1-8-9-10-11-12-13-37(45)53-40-29(21-38(46)49-7)20-35-25-36(28(4)43)52-39(47)23-30(44)22-32-17-27(3)19-34(51-32)24-33-18-26(2)16-31(50-33)14-15-41(5,6)42(40,48)54-35/h14-15,21,28,30-36,40,43-44,48H,2-3,8-13,16-20,22-25H2,1,4-7H3/b15-14+,29-21+/t28-,30+,31+,32+,33+,34?,35+,36?,40+,42-/m1/s1. The third-order valence-electron chi connectivity index (χ3n) is 11.0. The molecule has 0 amide bonds. The van der Waals surface area contributed by atoms with E-state index in [1.807, 2.05) is 6.08 Å². The molecule has 0 saturated carbocycles. The summed E-state index contributed by atoms with van der Waals surface area (Å²) in [6.45, 7) is 15.6. The Labute approximate surface area is 320 Å². The number of esters is 3. The lowest BCUT2D eigenvalue weighted by molar-refractivity contribution is -0.327. The number of methoxy groups -OCH3 is 1. The fourth-order valence-electron chi connectivity index (χ4n) is 7.98. The average molecular weight is 761 g/mol. The molecule has 0 radical (unpaired) electrons. The normalized spacial score (nSPS) is 35.7. The number of aliphatic hydroxyl groups is 3. The van der Waals surface area contributed by atoms with Gasteiger partial charge in [-0.05, 0) is 51.0 Å². The van der Waals surface area contributed by atoms with Crippen LogP contribution in [0.2, 0.25) is 0 Å². The highest BCUT2D eigenvalue weighted by atomic mass is 16.7. The SMILES string of the molecule is C=C1CC2C[C@@H]3CC(=C)C[C@H](/C=C/C(C)(C)[C@]4(O)O[C@@H](C/C(=C\C(=O)OC)[C@@H]4OC(=O)CCCCCCC)CC([C@@H](C)O)OC(=O)C[C@@H](O)C[C@H](C1)O2)O3. The molecule has 3 saturated heterocycles. The molecule has 4 aliphatic rings. The topological polar surface area (TPSA) is 167 Å². The Morgan fingerprint density at radius 1 is 0.944 bits per heavy atom. The summed E-state index contributed by atoms with van der Waals surface area (Å²) < 4.78 is 36.2. The van der Waals surface area contributed by atoms with Gasteiger partial charge >= 0.3 is 17.9 Å². The highest BCUT2D eigenvalue weighted by Crippen LogP contribution is 2.47. The van der Waals surface area contributed by atoms with Gasteiger partial charge < -0.3 is 43.7 Å². The number of fused-ring (bicyclic) bond motifs is 6. The van der Waals surface area contributed by atoms with Gasteiger partial charge in [0.2, 0.25) is 5.79 Å². The van der Waals surface area contributed by atoms with Crippen LogP contribution in [0.25, 0.3) is 0 Å². The number of aliphatic hydroxyl groups excluding tert-OH is 2. The van der Waals surface area contributed by atoms with Crippen LogP contribution in [0.1, 0.15) is 124 Å². The molecule has 0 aromatic rings. The van der Waals surface area contributed by atoms with E-state index in [2.05, 4.69) is 20.1 Å². The molecule has 4 aliphatic heterocycles. The molecule has 54 heavy (non-hydrogen) atoms. The minimum Gasteiger partial charge on any atom is -0.466 e. The van der Waals surface area contributed by atoms with Gasteiger partial charge in [0.05, 0.1) is 56.3 Å². The summed E-state index contributed by atoms with van der Waals surface area (Å²) in [4.78, 5) is 39.3. The van der Waals surface area contributed by atoms with E-state index in [-0.39, 0.29) is 62.1 Å². The molecule has 10 atom stereocenters. The monoisotopic (exact) mass is 760 g/mol. The Kier molecular flexibility index (Phi) is 16.1. The van der Waals surface area contributed by atoms with E-state index in [0.29, 0.717) is 38.5 Å². The molecule has 4 rings (SSSR count). The highest BCUT2D eigenvalue weighted by Gasteiger charge is 2.57. The van der Waals surface area contributed by atoms with Gasteiger partial charge in [0, 0.05) is 37.2 Å². The van der Waals surface area contributed by atoms with Crippen LogP contribution in [0.5, 0.6) is 0 Å². The lowest BCUT2D eigenvalue weighted by atomic mass is 9.74. The maximum absolute atomic E-state index is 13.4. The first kappa shape index (κ1) is 43.9. The first-order chi connectivity index (χ1) is 25.5. The first-order valence-corrected chi connectivity index (χ1v) is 19.8. The van der Waals surface area contributed by atoms with Crippen LogP contribution in [0, 0.1) is 5.41 Å². The van der Waals surface area contributed by atoms with Crippen LogP contribution in [0.3, 0.4) is 0 Å². The van der Waals surface area contributed by atoms with Crippen LogP contribution in [0.15, 0.2) is 48.1 Å². The van der Waals surface area contributed by atoms with Gasteiger partial charge in [0.1, 0.15) is 6.10 Å². The van der Waals surface area contributed by atoms with Gasteiger partial charge in [0.25, 0.3) is 0 Å². The van der Waals surface area contributed by atoms with Crippen molar-refractivity contribution in [1.29, 1.82) is 0 Å². The quantitative estimate of drug-likeness (QED) is 0.0845. The van der Waals surface area contributed by atoms with Gasteiger partial charge in [-0.1, -0.05) is 82.9 Å². The van der Waals surface area contributed by atoms with Gasteiger partial charge in [-0.2, -0.15) is 0 Å². The number of carbonyl (C=O) groups is 3. The summed E-state index contributed by atoms with van der Waals surface area (Å²) >= 11 is 0. The van der Waals surface area contributed by atoms with Crippen molar-refractivity contribution in [2.45, 2.75) is 185 Å². The molecule has 6 bridgehead atoms. The summed E-state index contributed by atoms with van der Waals surface area (Å²) in [6, 6.07) is 0. The van der Waals surface area contributed by atoms with Crippen molar-refractivity contribution in [2.75, 3.05) is 7.11 Å². The Morgan fingerprint density at radius 3 is 2.26 bits per heavy atom. The van der Waals surface area contributed by atoms with Gasteiger partial charge in [-0.3, -0.25) is 9.59 Å². The summed E-state index contributed by atoms with van der Waals surface area (Å²) in [7, 11) is 1.23. The molecule has 3 fully saturated rings. The van der Waals surface area contributed by atoms with Gasteiger partial charge in [-0.25, -0.2) is 4.79 Å². The van der Waals surface area contributed by atoms with Crippen molar-refractivity contribution in [1.82, 2.24) is 0 Å². The Bertz CT molecular complexity index is 1380. The molecule has 3 N–H and O–H groups in total. The molecular weight excluding hydrogens is 696 g/mol. The zero-order valence-electron chi connectivity index (χ0n) is 33.0. The van der Waals surface area contributed by atoms with Gasteiger partial charge in [0.15, 0.2) is 6.10 Å². The summed E-state index contributed by atoms with van der Waals surface area (Å²) in [5.74, 6) is -4.23. The van der Waals surface area contributed by atoms with Crippen LogP contribution in [-0.2, 0) is 42.8 Å². The lowest BCUT2D eigenvalue weighted by Gasteiger charge is -2.51. The predicted octanol–water partition coefficient (Wildman–Crippen LogP) is 5.85. The first-order valence-electron chi connectivity index (χ1n) is 19.8. The van der Waals surface area contributed by atoms with Crippen LogP contribution in [0.4, 0.5) is 0 Å². The number of hydrogen-bond acceptors (Lipinski definition) is 12. The predicted molar refractivity (Wildman–Crippen MR) is 201 cm³/mol. The fraction of sp³-hybridized carbons (Fsp3) is 0.738. The van der Waals surface area contributed by atoms with E-state index >= 15 is 0 Å². The fourth-order valence-corrected chi connectivity index (χ4v) is 7.98. The third-order valence-corrected chi connectivity index (χ3v) is 11.0. The van der Waals surface area contributed by atoms with E-state index in [1.54, 1.807) is 19.9 Å². The maximum Gasteiger partial charge on any atom is 0.330 e. The van der Waals surface area contributed by atoms with Crippen LogP contribution in [-0.4, -0.2) is 101 Å². The summed E-state index contributed by atoms with van der Waals surface area (Å²) in [6.07, 6.45) is 5.51.